The summed E-state index contributed by atoms with van der Waals surface area (Å²) >= 11 is 5.59. The SMILES string of the molecule is CCCC(C)(C)NC(=O)C(C)CCl. The van der Waals surface area contributed by atoms with E-state index >= 15 is 0 Å². The summed E-state index contributed by atoms with van der Waals surface area (Å²) in [6.07, 6.45) is 2.07. The summed E-state index contributed by atoms with van der Waals surface area (Å²) in [5.41, 5.74) is -0.105. The Morgan fingerprint density at radius 3 is 2.46 bits per heavy atom. The molecule has 0 saturated carbocycles. The predicted octanol–water partition coefficient (Wildman–Crippen LogP) is 2.56. The molecule has 0 heterocycles. The van der Waals surface area contributed by atoms with E-state index in [1.807, 2.05) is 20.8 Å². The summed E-state index contributed by atoms with van der Waals surface area (Å²) in [4.78, 5) is 11.5. The van der Waals surface area contributed by atoms with Gasteiger partial charge in [-0.2, -0.15) is 0 Å². The highest BCUT2D eigenvalue weighted by atomic mass is 35.5. The lowest BCUT2D eigenvalue weighted by Crippen LogP contribution is -2.45. The molecule has 1 amide bonds. The van der Waals surface area contributed by atoms with Crippen molar-refractivity contribution in [1.29, 1.82) is 0 Å². The molecular formula is C10H20ClNO. The van der Waals surface area contributed by atoms with Crippen molar-refractivity contribution >= 4 is 17.5 Å². The molecule has 13 heavy (non-hydrogen) atoms. The third-order valence-electron chi connectivity index (χ3n) is 2.02. The third kappa shape index (κ3) is 5.14. The van der Waals surface area contributed by atoms with Crippen LogP contribution in [0.2, 0.25) is 0 Å². The first-order chi connectivity index (χ1) is 5.93. The molecule has 3 heteroatoms. The number of carbonyl (C=O) groups excluding carboxylic acids is 1. The van der Waals surface area contributed by atoms with Crippen LogP contribution in [-0.2, 0) is 4.79 Å². The van der Waals surface area contributed by atoms with Crippen molar-refractivity contribution in [3.8, 4) is 0 Å². The molecule has 0 aliphatic rings. The maximum Gasteiger partial charge on any atom is 0.224 e. The molecule has 1 N–H and O–H groups in total. The number of alkyl halides is 1. The van der Waals surface area contributed by atoms with Crippen molar-refractivity contribution in [2.45, 2.75) is 46.1 Å². The molecule has 0 aromatic carbocycles. The van der Waals surface area contributed by atoms with Crippen molar-refractivity contribution in [3.05, 3.63) is 0 Å². The van der Waals surface area contributed by atoms with Gasteiger partial charge < -0.3 is 5.32 Å². The fraction of sp³-hybridized carbons (Fsp3) is 0.900. The normalized spacial score (nSPS) is 13.9. The van der Waals surface area contributed by atoms with Crippen molar-refractivity contribution in [2.75, 3.05) is 5.88 Å². The minimum atomic E-state index is -0.105. The van der Waals surface area contributed by atoms with E-state index in [9.17, 15) is 4.79 Å². The zero-order valence-corrected chi connectivity index (χ0v) is 9.74. The summed E-state index contributed by atoms with van der Waals surface area (Å²) < 4.78 is 0. The Morgan fingerprint density at radius 1 is 1.54 bits per heavy atom. The number of halogens is 1. The maximum absolute atomic E-state index is 11.5. The van der Waals surface area contributed by atoms with Gasteiger partial charge in [0.15, 0.2) is 0 Å². The fourth-order valence-corrected chi connectivity index (χ4v) is 1.35. The minimum Gasteiger partial charge on any atom is -0.351 e. The fourth-order valence-electron chi connectivity index (χ4n) is 1.21. The summed E-state index contributed by atoms with van der Waals surface area (Å²) in [6.45, 7) is 8.02. The van der Waals surface area contributed by atoms with E-state index in [1.54, 1.807) is 0 Å². The predicted molar refractivity (Wildman–Crippen MR) is 57.0 cm³/mol. The molecule has 0 aliphatic carbocycles. The van der Waals surface area contributed by atoms with E-state index in [1.165, 1.54) is 0 Å². The van der Waals surface area contributed by atoms with Crippen molar-refractivity contribution in [3.63, 3.8) is 0 Å². The molecule has 0 aromatic rings. The van der Waals surface area contributed by atoms with Crippen LogP contribution in [0, 0.1) is 5.92 Å². The molecule has 0 aliphatic heterocycles. The van der Waals surface area contributed by atoms with Gasteiger partial charge in [0.1, 0.15) is 0 Å². The van der Waals surface area contributed by atoms with Crippen LogP contribution in [0.1, 0.15) is 40.5 Å². The van der Waals surface area contributed by atoms with Gasteiger partial charge in [-0.3, -0.25) is 4.79 Å². The van der Waals surface area contributed by atoms with Gasteiger partial charge >= 0.3 is 0 Å². The highest BCUT2D eigenvalue weighted by Gasteiger charge is 2.21. The minimum absolute atomic E-state index is 0.0495. The zero-order valence-electron chi connectivity index (χ0n) is 8.98. The molecule has 0 radical (unpaired) electrons. The van der Waals surface area contributed by atoms with Gasteiger partial charge in [-0.25, -0.2) is 0 Å². The summed E-state index contributed by atoms with van der Waals surface area (Å²) in [5.74, 6) is 0.333. The lowest BCUT2D eigenvalue weighted by molar-refractivity contribution is -0.125. The first-order valence-electron chi connectivity index (χ1n) is 4.81. The van der Waals surface area contributed by atoms with Crippen LogP contribution in [0.5, 0.6) is 0 Å². The van der Waals surface area contributed by atoms with E-state index in [-0.39, 0.29) is 17.4 Å². The molecule has 0 rings (SSSR count). The lowest BCUT2D eigenvalue weighted by atomic mass is 9.98. The number of rotatable bonds is 5. The first kappa shape index (κ1) is 12.8. The molecule has 1 unspecified atom stereocenters. The van der Waals surface area contributed by atoms with E-state index in [0.717, 1.165) is 12.8 Å². The molecule has 0 bridgehead atoms. The Bertz CT molecular complexity index is 168. The quantitative estimate of drug-likeness (QED) is 0.687. The van der Waals surface area contributed by atoms with Crippen molar-refractivity contribution in [2.24, 2.45) is 5.92 Å². The van der Waals surface area contributed by atoms with Crippen LogP contribution < -0.4 is 5.32 Å². The van der Waals surface area contributed by atoms with Gasteiger partial charge in [-0.1, -0.05) is 20.3 Å². The average Bonchev–Trinajstić information content (AvgIpc) is 2.01. The van der Waals surface area contributed by atoms with E-state index < -0.39 is 0 Å². The molecule has 0 spiro atoms. The Labute approximate surface area is 86.0 Å². The Balaban J connectivity index is 4.03. The molecule has 0 fully saturated rings. The van der Waals surface area contributed by atoms with Crippen molar-refractivity contribution in [1.82, 2.24) is 5.32 Å². The number of nitrogens with one attached hydrogen (secondary N) is 1. The van der Waals surface area contributed by atoms with E-state index in [2.05, 4.69) is 12.2 Å². The van der Waals surface area contributed by atoms with Gasteiger partial charge in [0.05, 0.1) is 0 Å². The van der Waals surface area contributed by atoms with Crippen LogP contribution >= 0.6 is 11.6 Å². The second-order valence-electron chi connectivity index (χ2n) is 4.18. The first-order valence-corrected chi connectivity index (χ1v) is 5.34. The number of carbonyl (C=O) groups is 1. The van der Waals surface area contributed by atoms with Crippen LogP contribution in [0.3, 0.4) is 0 Å². The highest BCUT2D eigenvalue weighted by molar-refractivity contribution is 6.19. The molecular weight excluding hydrogens is 186 g/mol. The number of hydrogen-bond acceptors (Lipinski definition) is 1. The second-order valence-corrected chi connectivity index (χ2v) is 4.49. The van der Waals surface area contributed by atoms with Gasteiger partial charge in [0.25, 0.3) is 0 Å². The Kier molecular flexibility index (Phi) is 5.38. The van der Waals surface area contributed by atoms with E-state index in [4.69, 9.17) is 11.6 Å². The summed E-state index contributed by atoms with van der Waals surface area (Å²) in [5, 5.41) is 2.98. The van der Waals surface area contributed by atoms with Crippen LogP contribution in [-0.4, -0.2) is 17.3 Å². The number of amides is 1. The van der Waals surface area contributed by atoms with Crippen LogP contribution in [0.25, 0.3) is 0 Å². The molecule has 78 valence electrons. The topological polar surface area (TPSA) is 29.1 Å². The molecule has 1 atom stereocenters. The smallest absolute Gasteiger partial charge is 0.224 e. The van der Waals surface area contributed by atoms with Crippen LogP contribution in [0.4, 0.5) is 0 Å². The van der Waals surface area contributed by atoms with Crippen LogP contribution in [0.15, 0.2) is 0 Å². The third-order valence-corrected chi connectivity index (χ3v) is 2.48. The Hall–Kier alpha value is -0.240. The highest BCUT2D eigenvalue weighted by Crippen LogP contribution is 2.12. The van der Waals surface area contributed by atoms with E-state index in [0.29, 0.717) is 5.88 Å². The molecule has 2 nitrogen and oxygen atoms in total. The maximum atomic E-state index is 11.5. The molecule has 0 aromatic heterocycles. The average molecular weight is 206 g/mol. The second kappa shape index (κ2) is 5.48. The van der Waals surface area contributed by atoms with Gasteiger partial charge in [0, 0.05) is 17.3 Å². The van der Waals surface area contributed by atoms with Crippen molar-refractivity contribution < 1.29 is 4.79 Å². The largest absolute Gasteiger partial charge is 0.351 e. The van der Waals surface area contributed by atoms with Gasteiger partial charge in [-0.05, 0) is 20.3 Å². The lowest BCUT2D eigenvalue weighted by Gasteiger charge is -2.27. The van der Waals surface area contributed by atoms with Gasteiger partial charge in [0.2, 0.25) is 5.91 Å². The Morgan fingerprint density at radius 2 is 2.08 bits per heavy atom. The summed E-state index contributed by atoms with van der Waals surface area (Å²) in [6, 6.07) is 0. The number of hydrogen-bond donors (Lipinski definition) is 1. The summed E-state index contributed by atoms with van der Waals surface area (Å²) in [7, 11) is 0. The standard InChI is InChI=1S/C10H20ClNO/c1-5-6-10(3,4)12-9(13)8(2)7-11/h8H,5-7H2,1-4H3,(H,12,13). The monoisotopic (exact) mass is 205 g/mol. The molecule has 0 saturated heterocycles. The van der Waals surface area contributed by atoms with Gasteiger partial charge in [-0.15, -0.1) is 11.6 Å². The zero-order chi connectivity index (χ0) is 10.5.